The van der Waals surface area contributed by atoms with E-state index in [2.05, 4.69) is 0 Å². The summed E-state index contributed by atoms with van der Waals surface area (Å²) < 4.78 is 0. The van der Waals surface area contributed by atoms with E-state index in [0.29, 0.717) is 12.0 Å². The van der Waals surface area contributed by atoms with Gasteiger partial charge >= 0.3 is 5.97 Å². The van der Waals surface area contributed by atoms with Crippen LogP contribution in [-0.2, 0) is 4.79 Å². The van der Waals surface area contributed by atoms with Crippen LogP contribution in [0.2, 0.25) is 0 Å². The van der Waals surface area contributed by atoms with E-state index in [4.69, 9.17) is 5.26 Å². The number of nitrogens with zero attached hydrogens (tertiary/aromatic N) is 2. The van der Waals surface area contributed by atoms with Crippen LogP contribution in [0.3, 0.4) is 0 Å². The number of aliphatic carboxylic acids is 1. The Morgan fingerprint density at radius 1 is 1.53 bits per heavy atom. The predicted molar refractivity (Wildman–Crippen MR) is 67.6 cm³/mol. The number of carboxylic acid groups (broad SMARTS) is 1. The molecule has 1 aromatic rings. The van der Waals surface area contributed by atoms with Crippen LogP contribution in [0, 0.1) is 27.4 Å². The van der Waals surface area contributed by atoms with Gasteiger partial charge in [-0.3, -0.25) is 14.9 Å². The van der Waals surface area contributed by atoms with Gasteiger partial charge in [0.2, 0.25) is 0 Å². The number of nitriles is 1. The fraction of sp³-hybridized carbons (Fsp3) is 0.385. The molecule has 19 heavy (non-hydrogen) atoms. The molecule has 0 fully saturated rings. The van der Waals surface area contributed by atoms with Crippen LogP contribution < -0.4 is 0 Å². The molecule has 1 atom stereocenters. The summed E-state index contributed by atoms with van der Waals surface area (Å²) in [5.74, 6) is -1.71. The summed E-state index contributed by atoms with van der Waals surface area (Å²) in [6, 6.07) is 5.54. The molecule has 0 spiro atoms. The van der Waals surface area contributed by atoms with E-state index in [1.807, 2.05) is 19.9 Å². The third-order valence-electron chi connectivity index (χ3n) is 2.75. The van der Waals surface area contributed by atoms with Crippen molar-refractivity contribution in [3.8, 4) is 6.07 Å². The lowest BCUT2D eigenvalue weighted by Crippen LogP contribution is -2.15. The molecular formula is C13H14N2O4. The van der Waals surface area contributed by atoms with Gasteiger partial charge < -0.3 is 5.11 Å². The zero-order chi connectivity index (χ0) is 14.6. The minimum Gasteiger partial charge on any atom is -0.481 e. The van der Waals surface area contributed by atoms with Gasteiger partial charge in [-0.25, -0.2) is 0 Å². The van der Waals surface area contributed by atoms with Crippen molar-refractivity contribution in [3.05, 3.63) is 39.4 Å². The first-order valence-electron chi connectivity index (χ1n) is 5.78. The quantitative estimate of drug-likeness (QED) is 0.648. The van der Waals surface area contributed by atoms with Crippen LogP contribution in [0.25, 0.3) is 0 Å². The first kappa shape index (κ1) is 14.6. The molecule has 1 unspecified atom stereocenters. The lowest BCUT2D eigenvalue weighted by Gasteiger charge is -2.16. The number of hydrogen-bond donors (Lipinski definition) is 1. The SMILES string of the molecule is CC(C)CC(C(=O)O)c1ccc([N+](=O)[O-])cc1C#N. The first-order valence-corrected chi connectivity index (χ1v) is 5.78. The van der Waals surface area contributed by atoms with E-state index in [1.54, 1.807) is 0 Å². The number of carboxylic acids is 1. The van der Waals surface area contributed by atoms with Crippen molar-refractivity contribution < 1.29 is 14.8 Å². The monoisotopic (exact) mass is 262 g/mol. The number of hydrogen-bond acceptors (Lipinski definition) is 4. The van der Waals surface area contributed by atoms with E-state index in [-0.39, 0.29) is 17.2 Å². The molecule has 0 saturated carbocycles. The highest BCUT2D eigenvalue weighted by Crippen LogP contribution is 2.29. The molecule has 0 heterocycles. The second-order valence-corrected chi connectivity index (χ2v) is 4.66. The molecular weight excluding hydrogens is 248 g/mol. The minimum absolute atomic E-state index is 0.0438. The summed E-state index contributed by atoms with van der Waals surface area (Å²) in [6.07, 6.45) is 0.377. The van der Waals surface area contributed by atoms with Crippen molar-refractivity contribution in [3.63, 3.8) is 0 Å². The van der Waals surface area contributed by atoms with E-state index in [1.165, 1.54) is 12.1 Å². The highest BCUT2D eigenvalue weighted by molar-refractivity contribution is 5.77. The van der Waals surface area contributed by atoms with E-state index in [9.17, 15) is 20.0 Å². The van der Waals surface area contributed by atoms with Crippen molar-refractivity contribution in [2.24, 2.45) is 5.92 Å². The van der Waals surface area contributed by atoms with Crippen molar-refractivity contribution in [2.75, 3.05) is 0 Å². The fourth-order valence-corrected chi connectivity index (χ4v) is 1.89. The van der Waals surface area contributed by atoms with Crippen molar-refractivity contribution >= 4 is 11.7 Å². The molecule has 0 amide bonds. The summed E-state index contributed by atoms with van der Waals surface area (Å²) in [7, 11) is 0. The van der Waals surface area contributed by atoms with Gasteiger partial charge in [0.25, 0.3) is 5.69 Å². The zero-order valence-electron chi connectivity index (χ0n) is 10.7. The summed E-state index contributed by atoms with van der Waals surface area (Å²) in [5.41, 5.74) is 0.158. The van der Waals surface area contributed by atoms with Crippen LogP contribution in [0.1, 0.15) is 37.3 Å². The largest absolute Gasteiger partial charge is 0.481 e. The molecule has 1 N–H and O–H groups in total. The lowest BCUT2D eigenvalue weighted by molar-refractivity contribution is -0.384. The summed E-state index contributed by atoms with van der Waals surface area (Å²) in [6.45, 7) is 3.76. The molecule has 0 aliphatic carbocycles. The van der Waals surface area contributed by atoms with Crippen molar-refractivity contribution in [1.29, 1.82) is 5.26 Å². The molecule has 1 aromatic carbocycles. The fourth-order valence-electron chi connectivity index (χ4n) is 1.89. The first-order chi connectivity index (χ1) is 8.86. The Labute approximate surface area is 110 Å². The van der Waals surface area contributed by atoms with E-state index >= 15 is 0 Å². The maximum atomic E-state index is 11.3. The summed E-state index contributed by atoms with van der Waals surface area (Å²) in [4.78, 5) is 21.3. The normalized spacial score (nSPS) is 11.9. The Hall–Kier alpha value is -2.42. The predicted octanol–water partition coefficient (Wildman–Crippen LogP) is 2.68. The van der Waals surface area contributed by atoms with Gasteiger partial charge in [0, 0.05) is 12.1 Å². The van der Waals surface area contributed by atoms with Gasteiger partial charge in [0.1, 0.15) is 0 Å². The molecule has 0 saturated heterocycles. The number of benzene rings is 1. The number of nitro groups is 1. The Morgan fingerprint density at radius 2 is 2.16 bits per heavy atom. The number of carbonyl (C=O) groups is 1. The average Bonchev–Trinajstić information content (AvgIpc) is 2.34. The van der Waals surface area contributed by atoms with Crippen LogP contribution in [-0.4, -0.2) is 16.0 Å². The van der Waals surface area contributed by atoms with E-state index < -0.39 is 16.8 Å². The second kappa shape index (κ2) is 5.96. The van der Waals surface area contributed by atoms with Gasteiger partial charge in [-0.1, -0.05) is 19.9 Å². The van der Waals surface area contributed by atoms with Crippen LogP contribution >= 0.6 is 0 Å². The smallest absolute Gasteiger partial charge is 0.311 e. The molecule has 6 heteroatoms. The highest BCUT2D eigenvalue weighted by atomic mass is 16.6. The van der Waals surface area contributed by atoms with E-state index in [0.717, 1.165) is 6.07 Å². The third-order valence-corrected chi connectivity index (χ3v) is 2.75. The highest BCUT2D eigenvalue weighted by Gasteiger charge is 2.25. The maximum absolute atomic E-state index is 11.3. The Kier molecular flexibility index (Phi) is 4.59. The Balaban J connectivity index is 3.28. The van der Waals surface area contributed by atoms with Crippen molar-refractivity contribution in [1.82, 2.24) is 0 Å². The second-order valence-electron chi connectivity index (χ2n) is 4.66. The molecule has 0 bridgehead atoms. The van der Waals surface area contributed by atoms with Gasteiger partial charge in [0.05, 0.1) is 22.5 Å². The average molecular weight is 262 g/mol. The molecule has 100 valence electrons. The lowest BCUT2D eigenvalue weighted by atomic mass is 9.87. The molecule has 0 radical (unpaired) electrons. The molecule has 1 rings (SSSR count). The van der Waals surface area contributed by atoms with Gasteiger partial charge in [-0.15, -0.1) is 0 Å². The summed E-state index contributed by atoms with van der Waals surface area (Å²) >= 11 is 0. The van der Waals surface area contributed by atoms with Gasteiger partial charge in [-0.05, 0) is 17.9 Å². The number of rotatable bonds is 5. The summed E-state index contributed by atoms with van der Waals surface area (Å²) in [5, 5.41) is 28.9. The van der Waals surface area contributed by atoms with Gasteiger partial charge in [-0.2, -0.15) is 5.26 Å². The maximum Gasteiger partial charge on any atom is 0.311 e. The minimum atomic E-state index is -1.03. The number of nitro benzene ring substituents is 1. The standard InChI is InChI=1S/C13H14N2O4/c1-8(2)5-12(13(16)17)11-4-3-10(15(18)19)6-9(11)7-14/h3-4,6,8,12H,5H2,1-2H3,(H,16,17). The Bertz CT molecular complexity index is 546. The third kappa shape index (κ3) is 3.52. The van der Waals surface area contributed by atoms with Crippen molar-refractivity contribution in [2.45, 2.75) is 26.2 Å². The molecule has 6 nitrogen and oxygen atoms in total. The van der Waals surface area contributed by atoms with Gasteiger partial charge in [0.15, 0.2) is 0 Å². The molecule has 0 aromatic heterocycles. The Morgan fingerprint density at radius 3 is 2.58 bits per heavy atom. The van der Waals surface area contributed by atoms with Crippen LogP contribution in [0.5, 0.6) is 0 Å². The van der Waals surface area contributed by atoms with Crippen LogP contribution in [0.4, 0.5) is 5.69 Å². The zero-order valence-corrected chi connectivity index (χ0v) is 10.7. The van der Waals surface area contributed by atoms with Crippen LogP contribution in [0.15, 0.2) is 18.2 Å². The molecule has 0 aliphatic rings. The topological polar surface area (TPSA) is 104 Å². The number of non-ortho nitro benzene ring substituents is 1. The molecule has 0 aliphatic heterocycles.